The van der Waals surface area contributed by atoms with Gasteiger partial charge in [-0.3, -0.25) is 14.1 Å². The number of likely N-dealkylation sites (tertiary alicyclic amines) is 1. The summed E-state index contributed by atoms with van der Waals surface area (Å²) < 4.78 is 12.4. The van der Waals surface area contributed by atoms with Crippen LogP contribution in [0.3, 0.4) is 0 Å². The molecule has 156 valence electrons. The minimum absolute atomic E-state index is 0.430. The number of nitrogens with zero attached hydrogens (tertiary/aromatic N) is 2. The van der Waals surface area contributed by atoms with E-state index in [9.17, 15) is 4.21 Å². The van der Waals surface area contributed by atoms with Crippen molar-refractivity contribution >= 4 is 16.8 Å². The lowest BCUT2D eigenvalue weighted by Crippen LogP contribution is -2.48. The molecule has 6 heteroatoms. The first-order chi connectivity index (χ1) is 14.2. The number of aliphatic imine (C=N–C) groups is 1. The summed E-state index contributed by atoms with van der Waals surface area (Å²) in [4.78, 5) is 8.03. The summed E-state index contributed by atoms with van der Waals surface area (Å²) in [6.45, 7) is 6.63. The van der Waals surface area contributed by atoms with Crippen molar-refractivity contribution in [2.75, 3.05) is 31.9 Å². The number of rotatable bonds is 8. The molecular formula is C23H32N4OS. The Labute approximate surface area is 177 Å². The SMILES string of the molecule is CCNC(=NCCS(=O)c1ccccc1)NC1CCN(Cc2ccccc2)CC1. The maximum atomic E-state index is 12.4. The molecule has 2 aromatic rings. The van der Waals surface area contributed by atoms with Crippen molar-refractivity contribution in [1.82, 2.24) is 15.5 Å². The molecule has 0 bridgehead atoms. The molecule has 1 saturated heterocycles. The van der Waals surface area contributed by atoms with Crippen LogP contribution in [0.5, 0.6) is 0 Å². The first-order valence-corrected chi connectivity index (χ1v) is 11.8. The van der Waals surface area contributed by atoms with E-state index in [4.69, 9.17) is 0 Å². The van der Waals surface area contributed by atoms with Gasteiger partial charge in [-0.25, -0.2) is 0 Å². The predicted octanol–water partition coefficient (Wildman–Crippen LogP) is 3.01. The molecule has 0 spiro atoms. The van der Waals surface area contributed by atoms with E-state index in [1.165, 1.54) is 5.56 Å². The van der Waals surface area contributed by atoms with Gasteiger partial charge in [0.2, 0.25) is 0 Å². The number of hydrogen-bond donors (Lipinski definition) is 2. The molecule has 0 amide bonds. The standard InChI is InChI=1S/C23H32N4OS/c1-2-24-23(25-15-18-29(28)22-11-7-4-8-12-22)26-21-13-16-27(17-14-21)19-20-9-5-3-6-10-20/h3-12,21H,2,13-19H2,1H3,(H2,24,25,26). The lowest BCUT2D eigenvalue weighted by atomic mass is 10.0. The van der Waals surface area contributed by atoms with Crippen molar-refractivity contribution in [1.29, 1.82) is 0 Å². The Kier molecular flexibility index (Phi) is 8.71. The van der Waals surface area contributed by atoms with Crippen molar-refractivity contribution < 1.29 is 4.21 Å². The zero-order valence-electron chi connectivity index (χ0n) is 17.2. The predicted molar refractivity (Wildman–Crippen MR) is 122 cm³/mol. The van der Waals surface area contributed by atoms with E-state index in [1.807, 2.05) is 30.3 Å². The highest BCUT2D eigenvalue weighted by Gasteiger charge is 2.20. The molecule has 29 heavy (non-hydrogen) atoms. The van der Waals surface area contributed by atoms with Crippen LogP contribution in [-0.4, -0.2) is 53.0 Å². The molecule has 1 atom stereocenters. The highest BCUT2D eigenvalue weighted by Crippen LogP contribution is 2.14. The molecule has 0 aromatic heterocycles. The average Bonchev–Trinajstić information content (AvgIpc) is 2.76. The van der Waals surface area contributed by atoms with Crippen molar-refractivity contribution in [3.05, 3.63) is 66.2 Å². The smallest absolute Gasteiger partial charge is 0.191 e. The number of benzene rings is 2. The molecule has 5 nitrogen and oxygen atoms in total. The number of nitrogens with one attached hydrogen (secondary N) is 2. The summed E-state index contributed by atoms with van der Waals surface area (Å²) in [5.74, 6) is 1.37. The average molecular weight is 413 g/mol. The fourth-order valence-corrected chi connectivity index (χ4v) is 4.47. The normalized spacial score (nSPS) is 17.1. The van der Waals surface area contributed by atoms with E-state index < -0.39 is 10.8 Å². The minimum Gasteiger partial charge on any atom is -0.357 e. The third-order valence-electron chi connectivity index (χ3n) is 5.07. The lowest BCUT2D eigenvalue weighted by molar-refractivity contribution is 0.198. The monoisotopic (exact) mass is 412 g/mol. The summed E-state index contributed by atoms with van der Waals surface area (Å²) >= 11 is 0. The van der Waals surface area contributed by atoms with Gasteiger partial charge < -0.3 is 10.6 Å². The molecule has 1 unspecified atom stereocenters. The number of piperidine rings is 1. The topological polar surface area (TPSA) is 56.7 Å². The van der Waals surface area contributed by atoms with E-state index in [-0.39, 0.29) is 0 Å². The molecule has 1 heterocycles. The van der Waals surface area contributed by atoms with Crippen LogP contribution in [0.4, 0.5) is 0 Å². The Morgan fingerprint density at radius 3 is 2.38 bits per heavy atom. The summed E-state index contributed by atoms with van der Waals surface area (Å²) in [5, 5.41) is 6.89. The molecule has 1 aliphatic rings. The number of hydrogen-bond acceptors (Lipinski definition) is 3. The molecule has 0 saturated carbocycles. The number of guanidine groups is 1. The third-order valence-corrected chi connectivity index (χ3v) is 6.43. The van der Waals surface area contributed by atoms with Crippen LogP contribution in [0.25, 0.3) is 0 Å². The fourth-order valence-electron chi connectivity index (χ4n) is 3.52. The molecule has 1 aliphatic heterocycles. The van der Waals surface area contributed by atoms with E-state index in [1.54, 1.807) is 0 Å². The van der Waals surface area contributed by atoms with Crippen LogP contribution in [0, 0.1) is 0 Å². The summed E-state index contributed by atoms with van der Waals surface area (Å²) in [6, 6.07) is 20.7. The van der Waals surface area contributed by atoms with Gasteiger partial charge in [0, 0.05) is 42.9 Å². The molecular weight excluding hydrogens is 380 g/mol. The summed E-state index contributed by atoms with van der Waals surface area (Å²) in [6.07, 6.45) is 2.21. The van der Waals surface area contributed by atoms with E-state index in [0.717, 1.165) is 49.9 Å². The van der Waals surface area contributed by atoms with Crippen molar-refractivity contribution in [2.45, 2.75) is 37.2 Å². The highest BCUT2D eigenvalue weighted by atomic mass is 32.2. The van der Waals surface area contributed by atoms with Crippen molar-refractivity contribution in [2.24, 2.45) is 4.99 Å². The van der Waals surface area contributed by atoms with Gasteiger partial charge in [-0.05, 0) is 37.5 Å². The van der Waals surface area contributed by atoms with Crippen LogP contribution in [0.2, 0.25) is 0 Å². The Morgan fingerprint density at radius 2 is 1.72 bits per heavy atom. The van der Waals surface area contributed by atoms with Crippen molar-refractivity contribution in [3.8, 4) is 0 Å². The fraction of sp³-hybridized carbons (Fsp3) is 0.435. The second-order valence-electron chi connectivity index (χ2n) is 7.30. The lowest BCUT2D eigenvalue weighted by Gasteiger charge is -2.33. The van der Waals surface area contributed by atoms with E-state index in [0.29, 0.717) is 18.3 Å². The van der Waals surface area contributed by atoms with Gasteiger partial charge in [0.15, 0.2) is 5.96 Å². The van der Waals surface area contributed by atoms with Crippen LogP contribution >= 0.6 is 0 Å². The van der Waals surface area contributed by atoms with Gasteiger partial charge in [0.05, 0.1) is 17.3 Å². The van der Waals surface area contributed by atoms with E-state index in [2.05, 4.69) is 57.8 Å². The largest absolute Gasteiger partial charge is 0.357 e. The van der Waals surface area contributed by atoms with Crippen LogP contribution in [-0.2, 0) is 17.3 Å². The molecule has 2 aromatic carbocycles. The first-order valence-electron chi connectivity index (χ1n) is 10.5. The van der Waals surface area contributed by atoms with Gasteiger partial charge in [-0.2, -0.15) is 0 Å². The van der Waals surface area contributed by atoms with Gasteiger partial charge >= 0.3 is 0 Å². The zero-order valence-corrected chi connectivity index (χ0v) is 18.0. The Bertz CT molecular complexity index is 774. The zero-order chi connectivity index (χ0) is 20.3. The quantitative estimate of drug-likeness (QED) is 0.517. The molecule has 0 aliphatic carbocycles. The molecule has 1 fully saturated rings. The van der Waals surface area contributed by atoms with Crippen LogP contribution < -0.4 is 10.6 Å². The van der Waals surface area contributed by atoms with Crippen molar-refractivity contribution in [3.63, 3.8) is 0 Å². The highest BCUT2D eigenvalue weighted by molar-refractivity contribution is 7.85. The maximum Gasteiger partial charge on any atom is 0.191 e. The molecule has 3 rings (SSSR count). The van der Waals surface area contributed by atoms with Gasteiger partial charge in [0.25, 0.3) is 0 Å². The second kappa shape index (κ2) is 11.7. The van der Waals surface area contributed by atoms with Crippen LogP contribution in [0.15, 0.2) is 70.6 Å². The minimum atomic E-state index is -1.00. The summed E-state index contributed by atoms with van der Waals surface area (Å²) in [7, 11) is -1.00. The Hall–Kier alpha value is -2.18. The first kappa shape index (κ1) is 21.5. The van der Waals surface area contributed by atoms with Gasteiger partial charge in [0.1, 0.15) is 0 Å². The van der Waals surface area contributed by atoms with Gasteiger partial charge in [-0.15, -0.1) is 0 Å². The third kappa shape index (κ3) is 7.29. The van der Waals surface area contributed by atoms with Crippen LogP contribution in [0.1, 0.15) is 25.3 Å². The molecule has 2 N–H and O–H groups in total. The van der Waals surface area contributed by atoms with Gasteiger partial charge in [-0.1, -0.05) is 48.5 Å². The van der Waals surface area contributed by atoms with E-state index >= 15 is 0 Å². The Morgan fingerprint density at radius 1 is 1.07 bits per heavy atom. The Balaban J connectivity index is 1.44. The molecule has 0 radical (unpaired) electrons. The summed E-state index contributed by atoms with van der Waals surface area (Å²) in [5.41, 5.74) is 1.38. The maximum absolute atomic E-state index is 12.4. The second-order valence-corrected chi connectivity index (χ2v) is 8.87.